The SMILES string of the molecule is CC[N+](CC)(CC)CCOC(=O)CC(O)(c1ccccc1)c1ccccc1.[Br-]. The molecule has 0 saturated carbocycles. The van der Waals surface area contributed by atoms with Crippen LogP contribution >= 0.6 is 0 Å². The van der Waals surface area contributed by atoms with Crippen LogP contribution < -0.4 is 17.0 Å². The fourth-order valence-corrected chi connectivity index (χ4v) is 3.56. The first-order chi connectivity index (χ1) is 13.0. The van der Waals surface area contributed by atoms with Gasteiger partial charge in [0.05, 0.1) is 26.1 Å². The molecule has 0 amide bonds. The molecule has 0 fully saturated rings. The van der Waals surface area contributed by atoms with Gasteiger partial charge in [-0.2, -0.15) is 0 Å². The number of carbonyl (C=O) groups excluding carboxylic acids is 1. The summed E-state index contributed by atoms with van der Waals surface area (Å²) >= 11 is 0. The molecular formula is C23H32BrNO3. The molecular weight excluding hydrogens is 418 g/mol. The molecule has 0 heterocycles. The van der Waals surface area contributed by atoms with Gasteiger partial charge in [0.1, 0.15) is 18.8 Å². The molecule has 0 aliphatic carbocycles. The van der Waals surface area contributed by atoms with Crippen LogP contribution in [0.1, 0.15) is 38.3 Å². The second-order valence-corrected chi connectivity index (χ2v) is 7.00. The van der Waals surface area contributed by atoms with Gasteiger partial charge in [-0.25, -0.2) is 0 Å². The number of hydrogen-bond donors (Lipinski definition) is 1. The Labute approximate surface area is 179 Å². The predicted octanol–water partition coefficient (Wildman–Crippen LogP) is 0.736. The summed E-state index contributed by atoms with van der Waals surface area (Å²) in [7, 11) is 0. The van der Waals surface area contributed by atoms with Gasteiger partial charge >= 0.3 is 5.97 Å². The van der Waals surface area contributed by atoms with E-state index in [1.54, 1.807) is 0 Å². The molecule has 0 radical (unpaired) electrons. The van der Waals surface area contributed by atoms with Crippen molar-refractivity contribution < 1.29 is 36.1 Å². The van der Waals surface area contributed by atoms with Crippen LogP contribution in [0.5, 0.6) is 0 Å². The molecule has 0 aliphatic heterocycles. The third kappa shape index (κ3) is 5.90. The van der Waals surface area contributed by atoms with Crippen molar-refractivity contribution in [1.29, 1.82) is 0 Å². The number of ether oxygens (including phenoxy) is 1. The Morgan fingerprint density at radius 2 is 1.32 bits per heavy atom. The topological polar surface area (TPSA) is 46.5 Å². The summed E-state index contributed by atoms with van der Waals surface area (Å²) in [5.41, 5.74) is -0.0193. The Morgan fingerprint density at radius 1 is 0.893 bits per heavy atom. The number of carbonyl (C=O) groups is 1. The molecule has 2 aromatic rings. The summed E-state index contributed by atoms with van der Waals surface area (Å²) < 4.78 is 6.45. The Morgan fingerprint density at radius 3 is 1.71 bits per heavy atom. The number of quaternary nitrogens is 1. The monoisotopic (exact) mass is 449 g/mol. The largest absolute Gasteiger partial charge is 1.00 e. The van der Waals surface area contributed by atoms with Crippen LogP contribution in [-0.2, 0) is 15.1 Å². The second-order valence-electron chi connectivity index (χ2n) is 7.00. The highest BCUT2D eigenvalue weighted by Crippen LogP contribution is 2.33. The molecule has 1 N–H and O–H groups in total. The van der Waals surface area contributed by atoms with E-state index in [1.807, 2.05) is 60.7 Å². The van der Waals surface area contributed by atoms with Crippen molar-refractivity contribution >= 4 is 5.97 Å². The standard InChI is InChI=1S/C23H32NO3.BrH/c1-4-24(5-2,6-3)17-18-27-22(25)19-23(26,20-13-9-7-10-14-20)21-15-11-8-12-16-21;/h7-16,26H,4-6,17-19H2,1-3H3;1H/q+1;/p-1. The summed E-state index contributed by atoms with van der Waals surface area (Å²) in [6.45, 7) is 10.7. The number of nitrogens with zero attached hydrogens (tertiary/aromatic N) is 1. The fourth-order valence-electron chi connectivity index (χ4n) is 3.56. The quantitative estimate of drug-likeness (QED) is 0.429. The average molecular weight is 450 g/mol. The van der Waals surface area contributed by atoms with Crippen LogP contribution in [0.2, 0.25) is 0 Å². The summed E-state index contributed by atoms with van der Waals surface area (Å²) in [6, 6.07) is 18.6. The van der Waals surface area contributed by atoms with Crippen molar-refractivity contribution in [3.05, 3.63) is 71.8 Å². The maximum Gasteiger partial charge on any atom is 0.309 e. The minimum atomic E-state index is -1.40. The predicted molar refractivity (Wildman–Crippen MR) is 108 cm³/mol. The van der Waals surface area contributed by atoms with E-state index in [-0.39, 0.29) is 29.4 Å². The molecule has 28 heavy (non-hydrogen) atoms. The van der Waals surface area contributed by atoms with E-state index < -0.39 is 5.60 Å². The smallest absolute Gasteiger partial charge is 0.309 e. The van der Waals surface area contributed by atoms with Crippen molar-refractivity contribution in [2.75, 3.05) is 32.8 Å². The molecule has 0 saturated heterocycles. The zero-order valence-electron chi connectivity index (χ0n) is 17.1. The lowest BCUT2D eigenvalue weighted by molar-refractivity contribution is -0.923. The Kier molecular flexibility index (Phi) is 9.87. The lowest BCUT2D eigenvalue weighted by Crippen LogP contribution is -3.00. The summed E-state index contributed by atoms with van der Waals surface area (Å²) in [5.74, 6) is -0.383. The van der Waals surface area contributed by atoms with Crippen LogP contribution in [0.25, 0.3) is 0 Å². The first kappa shape index (κ1) is 24.3. The van der Waals surface area contributed by atoms with E-state index in [4.69, 9.17) is 4.74 Å². The van der Waals surface area contributed by atoms with Gasteiger partial charge in [-0.1, -0.05) is 60.7 Å². The Hall–Kier alpha value is -1.69. The van der Waals surface area contributed by atoms with Crippen LogP contribution in [0.15, 0.2) is 60.7 Å². The maximum absolute atomic E-state index is 12.6. The molecule has 0 spiro atoms. The minimum Gasteiger partial charge on any atom is -1.00 e. The molecule has 154 valence electrons. The summed E-state index contributed by atoms with van der Waals surface area (Å²) in [4.78, 5) is 12.6. The van der Waals surface area contributed by atoms with Gasteiger partial charge in [0.15, 0.2) is 0 Å². The van der Waals surface area contributed by atoms with Gasteiger partial charge in [0, 0.05) is 0 Å². The van der Waals surface area contributed by atoms with Crippen molar-refractivity contribution in [2.45, 2.75) is 32.8 Å². The number of hydrogen-bond acceptors (Lipinski definition) is 3. The Bertz CT molecular complexity index is 655. The third-order valence-corrected chi connectivity index (χ3v) is 5.74. The first-order valence-electron chi connectivity index (χ1n) is 9.84. The number of aliphatic hydroxyl groups is 1. The molecule has 0 aromatic heterocycles. The van der Waals surface area contributed by atoms with E-state index >= 15 is 0 Å². The molecule has 0 aliphatic rings. The highest BCUT2D eigenvalue weighted by molar-refractivity contribution is 5.72. The summed E-state index contributed by atoms with van der Waals surface area (Å²) in [5, 5.41) is 11.4. The lowest BCUT2D eigenvalue weighted by Gasteiger charge is -2.35. The maximum atomic E-state index is 12.6. The molecule has 0 atom stereocenters. The number of esters is 1. The van der Waals surface area contributed by atoms with Gasteiger partial charge in [0.25, 0.3) is 0 Å². The average Bonchev–Trinajstić information content (AvgIpc) is 2.73. The lowest BCUT2D eigenvalue weighted by atomic mass is 9.83. The Balaban J connectivity index is 0.00000392. The van der Waals surface area contributed by atoms with Crippen molar-refractivity contribution in [3.8, 4) is 0 Å². The molecule has 2 rings (SSSR count). The van der Waals surface area contributed by atoms with Crippen LogP contribution in [0.4, 0.5) is 0 Å². The molecule has 0 unspecified atom stereocenters. The molecule has 4 nitrogen and oxygen atoms in total. The first-order valence-corrected chi connectivity index (χ1v) is 9.84. The molecule has 2 aromatic carbocycles. The zero-order chi connectivity index (χ0) is 19.8. The van der Waals surface area contributed by atoms with E-state index in [1.165, 1.54) is 0 Å². The van der Waals surface area contributed by atoms with Crippen LogP contribution in [-0.4, -0.2) is 48.3 Å². The second kappa shape index (κ2) is 11.3. The number of benzene rings is 2. The van der Waals surface area contributed by atoms with Crippen LogP contribution in [0.3, 0.4) is 0 Å². The van der Waals surface area contributed by atoms with Crippen LogP contribution in [0, 0.1) is 0 Å². The van der Waals surface area contributed by atoms with E-state index in [0.717, 1.165) is 30.7 Å². The van der Waals surface area contributed by atoms with Crippen molar-refractivity contribution in [1.82, 2.24) is 0 Å². The number of likely N-dealkylation sites (N-methyl/N-ethyl adjacent to an activating group) is 1. The van der Waals surface area contributed by atoms with Gasteiger partial charge < -0.3 is 31.3 Å². The van der Waals surface area contributed by atoms with Crippen molar-refractivity contribution in [2.24, 2.45) is 0 Å². The van der Waals surface area contributed by atoms with Gasteiger partial charge in [-0.15, -0.1) is 0 Å². The van der Waals surface area contributed by atoms with Crippen molar-refractivity contribution in [3.63, 3.8) is 0 Å². The molecule has 0 bridgehead atoms. The van der Waals surface area contributed by atoms with E-state index in [0.29, 0.717) is 17.7 Å². The molecule has 5 heteroatoms. The number of rotatable bonds is 10. The van der Waals surface area contributed by atoms with E-state index in [9.17, 15) is 9.90 Å². The highest BCUT2D eigenvalue weighted by atomic mass is 79.9. The van der Waals surface area contributed by atoms with E-state index in [2.05, 4.69) is 20.8 Å². The summed E-state index contributed by atoms with van der Waals surface area (Å²) in [6.07, 6.45) is -0.106. The minimum absolute atomic E-state index is 0. The third-order valence-electron chi connectivity index (χ3n) is 5.74. The van der Waals surface area contributed by atoms with Gasteiger partial charge in [-0.05, 0) is 31.9 Å². The number of halogens is 1. The highest BCUT2D eigenvalue weighted by Gasteiger charge is 2.35. The fraction of sp³-hybridized carbons (Fsp3) is 0.435. The normalized spacial score (nSPS) is 11.6. The zero-order valence-corrected chi connectivity index (χ0v) is 18.7. The van der Waals surface area contributed by atoms with Gasteiger partial charge in [0.2, 0.25) is 0 Å². The van der Waals surface area contributed by atoms with Gasteiger partial charge in [-0.3, -0.25) is 4.79 Å².